The molecule has 4 aromatic rings. The number of benzene rings is 2. The van der Waals surface area contributed by atoms with E-state index < -0.39 is 11.7 Å². The van der Waals surface area contributed by atoms with Crippen molar-refractivity contribution in [2.75, 3.05) is 18.0 Å². The van der Waals surface area contributed by atoms with Gasteiger partial charge in [-0.2, -0.15) is 5.10 Å². The molecule has 1 saturated heterocycles. The standard InChI is InChI=1S/C36H43ClN6O3/c1-23-32(21-39-43(23)27-10-11-27)42(35(44)46-36(2,3)4)34-38-20-26-18-29(37)28(19-30(26)40-34)25-14-16-41(17-15-25)31-12-13-33(31)45-22-24-8-6-5-7-9-24/h5-9,18-21,25,27,31,33H,10-17,22H2,1-4H3. The normalized spacial score (nSPS) is 20.9. The molecule has 3 heterocycles. The maximum Gasteiger partial charge on any atom is 0.422 e. The average Bonchev–Trinajstić information content (AvgIpc) is 3.79. The number of hydrogen-bond acceptors (Lipinski definition) is 7. The molecule has 9 nitrogen and oxygen atoms in total. The van der Waals surface area contributed by atoms with E-state index in [9.17, 15) is 4.79 Å². The molecule has 2 aromatic heterocycles. The molecule has 242 valence electrons. The Bertz CT molecular complexity index is 1710. The second kappa shape index (κ2) is 12.6. The van der Waals surface area contributed by atoms with Gasteiger partial charge in [0.15, 0.2) is 0 Å². The van der Waals surface area contributed by atoms with Gasteiger partial charge in [0, 0.05) is 22.6 Å². The molecule has 1 aliphatic heterocycles. The summed E-state index contributed by atoms with van der Waals surface area (Å²) in [6, 6.07) is 15.3. The third-order valence-electron chi connectivity index (χ3n) is 9.54. The molecule has 0 radical (unpaired) electrons. The lowest BCUT2D eigenvalue weighted by atomic mass is 9.83. The van der Waals surface area contributed by atoms with Crippen LogP contribution in [-0.2, 0) is 16.1 Å². The van der Waals surface area contributed by atoms with Crippen LogP contribution in [0.3, 0.4) is 0 Å². The average molecular weight is 643 g/mol. The van der Waals surface area contributed by atoms with E-state index in [2.05, 4.69) is 45.3 Å². The van der Waals surface area contributed by atoms with E-state index in [-0.39, 0.29) is 5.95 Å². The van der Waals surface area contributed by atoms with E-state index in [4.69, 9.17) is 26.1 Å². The van der Waals surface area contributed by atoms with Crippen LogP contribution in [0.15, 0.2) is 54.9 Å². The molecule has 0 spiro atoms. The highest BCUT2D eigenvalue weighted by Gasteiger charge is 2.38. The van der Waals surface area contributed by atoms with Gasteiger partial charge in [0.05, 0.1) is 41.8 Å². The topological polar surface area (TPSA) is 85.6 Å². The van der Waals surface area contributed by atoms with Crippen LogP contribution in [0.2, 0.25) is 5.02 Å². The fourth-order valence-corrected chi connectivity index (χ4v) is 7.10. The first kappa shape index (κ1) is 31.1. The molecule has 7 rings (SSSR count). The maximum atomic E-state index is 13.6. The Hall–Kier alpha value is -3.53. The Morgan fingerprint density at radius 3 is 2.46 bits per heavy atom. The first-order valence-electron chi connectivity index (χ1n) is 16.6. The second-order valence-corrected chi connectivity index (χ2v) is 14.4. The van der Waals surface area contributed by atoms with Crippen molar-refractivity contribution in [3.05, 3.63) is 76.7 Å². The van der Waals surface area contributed by atoms with Crippen molar-refractivity contribution in [3.63, 3.8) is 0 Å². The zero-order chi connectivity index (χ0) is 32.0. The van der Waals surface area contributed by atoms with Crippen molar-refractivity contribution in [1.82, 2.24) is 24.6 Å². The molecule has 1 amide bonds. The molecule has 2 aromatic carbocycles. The van der Waals surface area contributed by atoms with Crippen LogP contribution >= 0.6 is 11.6 Å². The summed E-state index contributed by atoms with van der Waals surface area (Å²) in [7, 11) is 0. The summed E-state index contributed by atoms with van der Waals surface area (Å²) in [6.45, 7) is 10.2. The number of anilines is 2. The number of rotatable bonds is 8. The first-order valence-corrected chi connectivity index (χ1v) is 17.0. The molecular formula is C36H43ClN6O3. The van der Waals surface area contributed by atoms with Gasteiger partial charge in [-0.3, -0.25) is 9.58 Å². The van der Waals surface area contributed by atoms with E-state index in [1.165, 1.54) is 16.9 Å². The van der Waals surface area contributed by atoms with Crippen LogP contribution in [0, 0.1) is 6.92 Å². The van der Waals surface area contributed by atoms with Gasteiger partial charge >= 0.3 is 6.09 Å². The Balaban J connectivity index is 1.09. The highest BCUT2D eigenvalue weighted by atomic mass is 35.5. The van der Waals surface area contributed by atoms with Crippen LogP contribution in [0.1, 0.15) is 88.1 Å². The summed E-state index contributed by atoms with van der Waals surface area (Å²) in [4.78, 5) is 27.2. The minimum atomic E-state index is -0.685. The summed E-state index contributed by atoms with van der Waals surface area (Å²) in [5.74, 6) is 0.589. The third kappa shape index (κ3) is 6.50. The lowest BCUT2D eigenvalue weighted by Crippen LogP contribution is -2.53. The number of halogens is 1. The molecule has 0 N–H and O–H groups in total. The molecule has 2 unspecified atom stereocenters. The fraction of sp³-hybridized carbons (Fsp3) is 0.500. The van der Waals surface area contributed by atoms with Gasteiger partial charge in [0.1, 0.15) is 5.60 Å². The van der Waals surface area contributed by atoms with Crippen molar-refractivity contribution in [1.29, 1.82) is 0 Å². The first-order chi connectivity index (χ1) is 22.1. The molecule has 46 heavy (non-hydrogen) atoms. The number of carbonyl (C=O) groups is 1. The summed E-state index contributed by atoms with van der Waals surface area (Å²) in [6.07, 6.45) is 9.75. The minimum Gasteiger partial charge on any atom is -0.443 e. The van der Waals surface area contributed by atoms with Gasteiger partial charge < -0.3 is 9.47 Å². The molecule has 10 heteroatoms. The predicted molar refractivity (Wildman–Crippen MR) is 180 cm³/mol. The van der Waals surface area contributed by atoms with E-state index in [1.54, 1.807) is 12.4 Å². The Morgan fingerprint density at radius 1 is 1.02 bits per heavy atom. The highest BCUT2D eigenvalue weighted by Crippen LogP contribution is 2.40. The number of fused-ring (bicyclic) bond motifs is 1. The number of carbonyl (C=O) groups excluding carboxylic acids is 1. The lowest BCUT2D eigenvalue weighted by Gasteiger charge is -2.46. The second-order valence-electron chi connectivity index (χ2n) is 14.0. The van der Waals surface area contributed by atoms with Gasteiger partial charge in [0.25, 0.3) is 0 Å². The zero-order valence-corrected chi connectivity index (χ0v) is 27.9. The van der Waals surface area contributed by atoms with E-state index in [0.29, 0.717) is 36.4 Å². The summed E-state index contributed by atoms with van der Waals surface area (Å²) in [5, 5.41) is 6.16. The van der Waals surface area contributed by atoms with Crippen molar-refractivity contribution >= 4 is 40.2 Å². The van der Waals surface area contributed by atoms with E-state index in [0.717, 1.165) is 72.4 Å². The number of piperidine rings is 1. The van der Waals surface area contributed by atoms with Crippen LogP contribution in [0.25, 0.3) is 10.9 Å². The van der Waals surface area contributed by atoms with Gasteiger partial charge in [-0.25, -0.2) is 19.7 Å². The Labute approximate surface area is 275 Å². The summed E-state index contributed by atoms with van der Waals surface area (Å²) >= 11 is 6.89. The van der Waals surface area contributed by atoms with Gasteiger partial charge in [-0.15, -0.1) is 0 Å². The number of nitrogens with zero attached hydrogens (tertiary/aromatic N) is 6. The van der Waals surface area contributed by atoms with Gasteiger partial charge in [-0.05, 0) is 108 Å². The van der Waals surface area contributed by atoms with Crippen molar-refractivity contribution < 1.29 is 14.3 Å². The van der Waals surface area contributed by atoms with E-state index in [1.807, 2.05) is 44.5 Å². The van der Waals surface area contributed by atoms with Crippen molar-refractivity contribution in [2.45, 2.75) is 103 Å². The number of aromatic nitrogens is 4. The summed E-state index contributed by atoms with van der Waals surface area (Å²) < 4.78 is 14.1. The number of hydrogen-bond donors (Lipinski definition) is 0. The van der Waals surface area contributed by atoms with Gasteiger partial charge in [0.2, 0.25) is 5.95 Å². The van der Waals surface area contributed by atoms with Crippen molar-refractivity contribution in [2.24, 2.45) is 0 Å². The smallest absolute Gasteiger partial charge is 0.422 e. The van der Waals surface area contributed by atoms with Crippen LogP contribution < -0.4 is 4.90 Å². The van der Waals surface area contributed by atoms with Crippen LogP contribution in [0.4, 0.5) is 16.4 Å². The lowest BCUT2D eigenvalue weighted by molar-refractivity contribution is -0.0839. The van der Waals surface area contributed by atoms with Crippen LogP contribution in [-0.4, -0.2) is 61.6 Å². The van der Waals surface area contributed by atoms with Crippen molar-refractivity contribution in [3.8, 4) is 0 Å². The third-order valence-corrected chi connectivity index (χ3v) is 9.86. The number of likely N-dealkylation sites (tertiary alicyclic amines) is 1. The molecule has 2 aliphatic carbocycles. The largest absolute Gasteiger partial charge is 0.443 e. The predicted octanol–water partition coefficient (Wildman–Crippen LogP) is 8.12. The number of ether oxygens (including phenoxy) is 2. The highest BCUT2D eigenvalue weighted by molar-refractivity contribution is 6.32. The molecular weight excluding hydrogens is 600 g/mol. The minimum absolute atomic E-state index is 0.259. The molecule has 3 fully saturated rings. The van der Waals surface area contributed by atoms with Crippen LogP contribution in [0.5, 0.6) is 0 Å². The number of amides is 1. The molecule has 2 atom stereocenters. The molecule has 3 aliphatic rings. The molecule has 2 saturated carbocycles. The zero-order valence-electron chi connectivity index (χ0n) is 27.2. The Morgan fingerprint density at radius 2 is 1.78 bits per heavy atom. The molecule has 0 bridgehead atoms. The summed E-state index contributed by atoms with van der Waals surface area (Å²) in [5.41, 5.74) is 3.91. The monoisotopic (exact) mass is 642 g/mol. The quantitative estimate of drug-likeness (QED) is 0.192. The SMILES string of the molecule is Cc1c(N(C(=O)OC(C)(C)C)c2ncc3cc(Cl)c(C4CCN(C5CCC5OCc5ccccc5)CC4)cc3n2)cnn1C1CC1. The van der Waals surface area contributed by atoms with E-state index >= 15 is 0 Å². The maximum absolute atomic E-state index is 13.6. The Kier molecular flexibility index (Phi) is 8.50. The fourth-order valence-electron chi connectivity index (χ4n) is 6.78. The van der Waals surface area contributed by atoms with Gasteiger partial charge in [-0.1, -0.05) is 41.9 Å².